The van der Waals surface area contributed by atoms with Crippen LogP contribution in [0.1, 0.15) is 36.5 Å². The molecule has 0 aromatic heterocycles. The van der Waals surface area contributed by atoms with Gasteiger partial charge in [0.2, 0.25) is 0 Å². The summed E-state index contributed by atoms with van der Waals surface area (Å²) in [6, 6.07) is 10.1. The van der Waals surface area contributed by atoms with Crippen molar-refractivity contribution in [3.63, 3.8) is 0 Å². The number of aryl methyl sites for hydroxylation is 2. The van der Waals surface area contributed by atoms with E-state index in [0.717, 1.165) is 24.8 Å². The highest BCUT2D eigenvalue weighted by Gasteiger charge is 2.23. The predicted octanol–water partition coefficient (Wildman–Crippen LogP) is 3.60. The molecule has 0 heterocycles. The van der Waals surface area contributed by atoms with Gasteiger partial charge in [0.15, 0.2) is 6.10 Å². The predicted molar refractivity (Wildman–Crippen MR) is 111 cm³/mol. The van der Waals surface area contributed by atoms with E-state index in [4.69, 9.17) is 9.47 Å². The summed E-state index contributed by atoms with van der Waals surface area (Å²) >= 11 is 0. The van der Waals surface area contributed by atoms with Crippen molar-refractivity contribution in [2.75, 3.05) is 12.4 Å². The van der Waals surface area contributed by atoms with Crippen LogP contribution in [-0.2, 0) is 33.6 Å². The first kappa shape index (κ1) is 21.3. The molecule has 8 heteroatoms. The second kappa shape index (κ2) is 9.39. The van der Waals surface area contributed by atoms with Crippen molar-refractivity contribution in [2.24, 2.45) is 0 Å². The molecule has 3 rings (SSSR count). The summed E-state index contributed by atoms with van der Waals surface area (Å²) < 4.78 is 10.2. The maximum absolute atomic E-state index is 12.4. The zero-order valence-corrected chi connectivity index (χ0v) is 17.0. The van der Waals surface area contributed by atoms with Gasteiger partial charge >= 0.3 is 5.97 Å². The number of benzene rings is 2. The number of hydrogen-bond acceptors (Lipinski definition) is 6. The molecule has 1 aliphatic rings. The SMILES string of the molecule is COc1ccc(NC(=O)[C@@H](C)OC(=O)Cc2ccc3c(c2)CCCC3)c([N+](=O)[O-])c1. The largest absolute Gasteiger partial charge is 0.496 e. The summed E-state index contributed by atoms with van der Waals surface area (Å²) in [5, 5.41) is 13.7. The molecule has 8 nitrogen and oxygen atoms in total. The van der Waals surface area contributed by atoms with E-state index < -0.39 is 22.9 Å². The molecule has 1 amide bonds. The zero-order chi connectivity index (χ0) is 21.7. The third kappa shape index (κ3) is 5.14. The number of fused-ring (bicyclic) bond motifs is 1. The number of methoxy groups -OCH3 is 1. The van der Waals surface area contributed by atoms with E-state index in [2.05, 4.69) is 11.4 Å². The molecule has 0 spiro atoms. The number of esters is 1. The highest BCUT2D eigenvalue weighted by Crippen LogP contribution is 2.29. The van der Waals surface area contributed by atoms with Gasteiger partial charge in [0.05, 0.1) is 24.5 Å². The minimum atomic E-state index is -1.10. The summed E-state index contributed by atoms with van der Waals surface area (Å²) in [5.74, 6) is -0.885. The van der Waals surface area contributed by atoms with Crippen LogP contribution in [0.25, 0.3) is 0 Å². The van der Waals surface area contributed by atoms with E-state index in [1.165, 1.54) is 49.8 Å². The van der Waals surface area contributed by atoms with Crippen LogP contribution < -0.4 is 10.1 Å². The van der Waals surface area contributed by atoms with Crippen molar-refractivity contribution in [1.29, 1.82) is 0 Å². The van der Waals surface area contributed by atoms with Gasteiger partial charge in [-0.1, -0.05) is 18.2 Å². The molecule has 1 N–H and O–H groups in total. The van der Waals surface area contributed by atoms with Gasteiger partial charge in [-0.25, -0.2) is 0 Å². The Morgan fingerprint density at radius 1 is 1.13 bits per heavy atom. The molecular weight excluding hydrogens is 388 g/mol. The first-order chi connectivity index (χ1) is 14.4. The third-order valence-electron chi connectivity index (χ3n) is 5.10. The minimum absolute atomic E-state index is 0.00314. The lowest BCUT2D eigenvalue weighted by Gasteiger charge is -2.17. The first-order valence-electron chi connectivity index (χ1n) is 9.81. The number of nitro benzene ring substituents is 1. The fourth-order valence-corrected chi connectivity index (χ4v) is 3.49. The van der Waals surface area contributed by atoms with Gasteiger partial charge in [0.25, 0.3) is 11.6 Å². The number of ether oxygens (including phenoxy) is 2. The Morgan fingerprint density at radius 3 is 2.57 bits per heavy atom. The number of hydrogen-bond donors (Lipinski definition) is 1. The molecule has 1 aliphatic carbocycles. The van der Waals surface area contributed by atoms with Crippen LogP contribution in [0.15, 0.2) is 36.4 Å². The number of carbonyl (C=O) groups excluding carboxylic acids is 2. The number of anilines is 1. The Balaban J connectivity index is 1.60. The fourth-order valence-electron chi connectivity index (χ4n) is 3.49. The van der Waals surface area contributed by atoms with Crippen LogP contribution in [0.3, 0.4) is 0 Å². The zero-order valence-electron chi connectivity index (χ0n) is 17.0. The quantitative estimate of drug-likeness (QED) is 0.423. The van der Waals surface area contributed by atoms with Gasteiger partial charge in [-0.15, -0.1) is 0 Å². The lowest BCUT2D eigenvalue weighted by molar-refractivity contribution is -0.384. The number of nitrogens with one attached hydrogen (secondary N) is 1. The van der Waals surface area contributed by atoms with Crippen LogP contribution in [0.5, 0.6) is 5.75 Å². The van der Waals surface area contributed by atoms with E-state index >= 15 is 0 Å². The van der Waals surface area contributed by atoms with Gasteiger partial charge in [0, 0.05) is 0 Å². The molecule has 0 saturated carbocycles. The number of nitrogens with zero attached hydrogens (tertiary/aromatic N) is 1. The molecule has 2 aromatic carbocycles. The molecule has 0 saturated heterocycles. The molecule has 0 radical (unpaired) electrons. The maximum Gasteiger partial charge on any atom is 0.311 e. The standard InChI is InChI=1S/C22H24N2O6/c1-14(22(26)23-19-10-9-18(29-2)13-20(19)24(27)28)30-21(25)12-15-7-8-16-5-3-4-6-17(16)11-15/h7-11,13-14H,3-6,12H2,1-2H3,(H,23,26)/t14-/m1/s1. The molecular formula is C22H24N2O6. The van der Waals surface area contributed by atoms with Crippen molar-refractivity contribution in [3.05, 3.63) is 63.2 Å². The second-order valence-corrected chi connectivity index (χ2v) is 7.25. The van der Waals surface area contributed by atoms with Crippen LogP contribution in [0.2, 0.25) is 0 Å². The van der Waals surface area contributed by atoms with E-state index in [0.29, 0.717) is 5.75 Å². The van der Waals surface area contributed by atoms with Gasteiger partial charge < -0.3 is 14.8 Å². The number of amides is 1. The van der Waals surface area contributed by atoms with Crippen LogP contribution >= 0.6 is 0 Å². The molecule has 2 aromatic rings. The topological polar surface area (TPSA) is 108 Å². The van der Waals surface area contributed by atoms with Crippen molar-refractivity contribution < 1.29 is 24.0 Å². The van der Waals surface area contributed by atoms with Gasteiger partial charge in [-0.05, 0) is 61.4 Å². The maximum atomic E-state index is 12.4. The molecule has 0 aliphatic heterocycles. The smallest absolute Gasteiger partial charge is 0.311 e. The Morgan fingerprint density at radius 2 is 1.87 bits per heavy atom. The van der Waals surface area contributed by atoms with Crippen LogP contribution in [0, 0.1) is 10.1 Å². The molecule has 0 fully saturated rings. The monoisotopic (exact) mass is 412 g/mol. The van der Waals surface area contributed by atoms with Crippen LogP contribution in [0.4, 0.5) is 11.4 Å². The Hall–Kier alpha value is -3.42. The van der Waals surface area contributed by atoms with Crippen molar-refractivity contribution in [1.82, 2.24) is 0 Å². The number of carbonyl (C=O) groups is 2. The lowest BCUT2D eigenvalue weighted by atomic mass is 9.90. The summed E-state index contributed by atoms with van der Waals surface area (Å²) in [5.41, 5.74) is 3.13. The molecule has 0 bridgehead atoms. The summed E-state index contributed by atoms with van der Waals surface area (Å²) in [7, 11) is 1.39. The molecule has 0 unspecified atom stereocenters. The highest BCUT2D eigenvalue weighted by atomic mass is 16.6. The van der Waals surface area contributed by atoms with E-state index in [9.17, 15) is 19.7 Å². The second-order valence-electron chi connectivity index (χ2n) is 7.25. The van der Waals surface area contributed by atoms with Gasteiger partial charge in [-0.2, -0.15) is 0 Å². The number of nitro groups is 1. The van der Waals surface area contributed by atoms with Gasteiger partial charge in [0.1, 0.15) is 11.4 Å². The Kier molecular flexibility index (Phi) is 6.66. The normalized spacial score (nSPS) is 13.7. The Bertz CT molecular complexity index is 972. The van der Waals surface area contributed by atoms with E-state index in [1.54, 1.807) is 0 Å². The lowest BCUT2D eigenvalue weighted by Crippen LogP contribution is -2.30. The summed E-state index contributed by atoms with van der Waals surface area (Å²) in [4.78, 5) is 35.3. The summed E-state index contributed by atoms with van der Waals surface area (Å²) in [6.45, 7) is 1.43. The molecule has 1 atom stereocenters. The van der Waals surface area contributed by atoms with Crippen molar-refractivity contribution in [2.45, 2.75) is 45.1 Å². The van der Waals surface area contributed by atoms with Gasteiger partial charge in [-0.3, -0.25) is 19.7 Å². The van der Waals surface area contributed by atoms with E-state index in [-0.39, 0.29) is 17.8 Å². The average Bonchev–Trinajstić information content (AvgIpc) is 2.73. The van der Waals surface area contributed by atoms with Crippen LogP contribution in [-0.4, -0.2) is 30.0 Å². The Labute approximate surface area is 174 Å². The highest BCUT2D eigenvalue weighted by molar-refractivity contribution is 5.97. The minimum Gasteiger partial charge on any atom is -0.496 e. The first-order valence-corrected chi connectivity index (χ1v) is 9.81. The molecule has 30 heavy (non-hydrogen) atoms. The summed E-state index contributed by atoms with van der Waals surface area (Å²) in [6.07, 6.45) is 3.38. The fraction of sp³-hybridized carbons (Fsp3) is 0.364. The van der Waals surface area contributed by atoms with E-state index in [1.807, 2.05) is 12.1 Å². The average molecular weight is 412 g/mol. The number of rotatable bonds is 7. The van der Waals surface area contributed by atoms with Crippen molar-refractivity contribution in [3.8, 4) is 5.75 Å². The van der Waals surface area contributed by atoms with Crippen molar-refractivity contribution >= 4 is 23.3 Å². The third-order valence-corrected chi connectivity index (χ3v) is 5.10. The molecule has 158 valence electrons.